The van der Waals surface area contributed by atoms with Gasteiger partial charge in [-0.3, -0.25) is 0 Å². The minimum atomic E-state index is -1.52. The average Bonchev–Trinajstić information content (AvgIpc) is 3.05. The summed E-state index contributed by atoms with van der Waals surface area (Å²) in [5, 5.41) is 82.6. The van der Waals surface area contributed by atoms with Crippen LogP contribution >= 0.6 is 0 Å². The molecule has 0 saturated heterocycles. The van der Waals surface area contributed by atoms with E-state index in [0.717, 1.165) is 48.5 Å². The standard InChI is InChI=1S/4C8H6O4.2C/c4*9-7(10)5-3-1-2-4-6(5)8(11)12;;/h4*1-4H,(H,9,10)(H,11,12);;/q;;;;2*+4/p-8. The number of carboxylic acids is 8. The van der Waals surface area contributed by atoms with Crippen molar-refractivity contribution in [3.8, 4) is 0 Å². The molecule has 0 unspecified atom stereocenters. The zero-order chi connectivity index (χ0) is 36.6. The molecule has 0 N–H and O–H groups in total. The van der Waals surface area contributed by atoms with Crippen molar-refractivity contribution >= 4 is 47.8 Å². The first-order valence-electron chi connectivity index (χ1n) is 12.6. The molecule has 50 heavy (non-hydrogen) atoms. The number of benzene rings is 4. The van der Waals surface area contributed by atoms with Crippen LogP contribution in [0.25, 0.3) is 0 Å². The van der Waals surface area contributed by atoms with Crippen molar-refractivity contribution < 1.29 is 79.2 Å². The monoisotopic (exact) mass is 680 g/mol. The smallest absolute Gasteiger partial charge is 0.545 e. The molecule has 4 rings (SSSR count). The maximum absolute atomic E-state index is 10.3. The summed E-state index contributed by atoms with van der Waals surface area (Å²) in [6.45, 7) is 0. The Morgan fingerprint density at radius 1 is 0.240 bits per heavy atom. The Hall–Kier alpha value is -7.36. The molecule has 4 aromatic rings. The normalized spacial score (nSPS) is 8.96. The summed E-state index contributed by atoms with van der Waals surface area (Å²) in [6, 6.07) is 20.5. The Kier molecular flexibility index (Phi) is 19.2. The fraction of sp³-hybridized carbons (Fsp3) is 0. The Morgan fingerprint density at radius 3 is 0.380 bits per heavy atom. The molecule has 0 saturated carbocycles. The number of aromatic carboxylic acids is 8. The van der Waals surface area contributed by atoms with Gasteiger partial charge >= 0.3 is 14.9 Å². The summed E-state index contributed by atoms with van der Waals surface area (Å²) in [6.07, 6.45) is 0. The summed E-state index contributed by atoms with van der Waals surface area (Å²) in [5.74, 6) is -12.1. The zero-order valence-electron chi connectivity index (χ0n) is 24.8. The average molecular weight is 680 g/mol. The SMILES string of the molecule is O=C([O-])c1ccccc1C(=O)[O-].O=C([O-])c1ccccc1C(=O)[O-].O=C([O-])c1ccccc1C(=O)[O-].O=C([O-])c1ccccc1C(=O)[O-].[C+4].[C+4]. The Balaban J connectivity index is 0. The Bertz CT molecular complexity index is 1460. The molecule has 16 nitrogen and oxygen atoms in total. The van der Waals surface area contributed by atoms with Crippen LogP contribution in [0.3, 0.4) is 0 Å². The van der Waals surface area contributed by atoms with E-state index in [0.29, 0.717) is 0 Å². The van der Waals surface area contributed by atoms with Gasteiger partial charge in [0, 0.05) is 44.5 Å². The van der Waals surface area contributed by atoms with Crippen molar-refractivity contribution in [2.24, 2.45) is 0 Å². The number of carbonyl (C=O) groups excluding carboxylic acids is 8. The second kappa shape index (κ2) is 21.4. The molecular weight excluding hydrogens is 664 g/mol. The number of rotatable bonds is 8. The number of carbonyl (C=O) groups is 8. The first kappa shape index (κ1) is 44.8. The van der Waals surface area contributed by atoms with Gasteiger partial charge in [0.2, 0.25) is 0 Å². The molecular formula is C34H16O16. The van der Waals surface area contributed by atoms with Gasteiger partial charge in [0.1, 0.15) is 0 Å². The van der Waals surface area contributed by atoms with E-state index in [4.69, 9.17) is 0 Å². The predicted octanol–water partition coefficient (Wildman–Crippen LogP) is -6.18. The van der Waals surface area contributed by atoms with Crippen molar-refractivity contribution in [3.05, 3.63) is 156 Å². The second-order valence-corrected chi connectivity index (χ2v) is 8.48. The van der Waals surface area contributed by atoms with E-state index >= 15 is 0 Å². The predicted molar refractivity (Wildman–Crippen MR) is 147 cm³/mol. The molecule has 0 fully saturated rings. The molecule has 0 bridgehead atoms. The van der Waals surface area contributed by atoms with E-state index in [2.05, 4.69) is 0 Å². The van der Waals surface area contributed by atoms with Crippen molar-refractivity contribution in [2.45, 2.75) is 0 Å². The van der Waals surface area contributed by atoms with E-state index in [1.807, 2.05) is 0 Å². The minimum absolute atomic E-state index is 0. The van der Waals surface area contributed by atoms with Gasteiger partial charge in [0.05, 0.1) is 47.8 Å². The second-order valence-electron chi connectivity index (χ2n) is 8.48. The summed E-state index contributed by atoms with van der Waals surface area (Å²) in [7, 11) is 0. The molecule has 0 amide bonds. The van der Waals surface area contributed by atoms with Crippen LogP contribution in [0.5, 0.6) is 0 Å². The summed E-state index contributed by atoms with van der Waals surface area (Å²) in [4.78, 5) is 82.6. The third kappa shape index (κ3) is 13.6. The molecule has 4 aromatic carbocycles. The van der Waals surface area contributed by atoms with Gasteiger partial charge in [-0.2, -0.15) is 0 Å². The maximum Gasteiger partial charge on any atom is 4.00 e. The number of carboxylic acid groups (broad SMARTS) is 8. The van der Waals surface area contributed by atoms with Gasteiger partial charge in [-0.15, -0.1) is 0 Å². The largest absolute Gasteiger partial charge is 4.00 e. The summed E-state index contributed by atoms with van der Waals surface area (Å²) >= 11 is 0. The van der Waals surface area contributed by atoms with Crippen LogP contribution < -0.4 is 40.9 Å². The third-order valence-electron chi connectivity index (χ3n) is 5.47. The summed E-state index contributed by atoms with van der Waals surface area (Å²) < 4.78 is 0. The van der Waals surface area contributed by atoms with E-state index < -0.39 is 47.8 Å². The van der Waals surface area contributed by atoms with Crippen molar-refractivity contribution in [3.63, 3.8) is 0 Å². The molecule has 248 valence electrons. The van der Waals surface area contributed by atoms with Crippen LogP contribution in [0.4, 0.5) is 0 Å². The maximum atomic E-state index is 10.3. The fourth-order valence-electron chi connectivity index (χ4n) is 3.36. The van der Waals surface area contributed by atoms with Gasteiger partial charge in [-0.25, -0.2) is 0 Å². The third-order valence-corrected chi connectivity index (χ3v) is 5.47. The van der Waals surface area contributed by atoms with Gasteiger partial charge < -0.3 is 79.2 Å². The quantitative estimate of drug-likeness (QED) is 0.167. The molecule has 0 aliphatic heterocycles. The first-order valence-corrected chi connectivity index (χ1v) is 12.6. The molecule has 0 heterocycles. The minimum Gasteiger partial charge on any atom is -0.545 e. The van der Waals surface area contributed by atoms with Crippen molar-refractivity contribution in [1.29, 1.82) is 0 Å². The molecule has 0 atom stereocenters. The van der Waals surface area contributed by atoms with Gasteiger partial charge in [0.15, 0.2) is 0 Å². The van der Waals surface area contributed by atoms with Gasteiger partial charge in [0.25, 0.3) is 0 Å². The van der Waals surface area contributed by atoms with Gasteiger partial charge in [-0.05, 0) is 0 Å². The van der Waals surface area contributed by atoms with Crippen LogP contribution in [0, 0.1) is 14.9 Å². The van der Waals surface area contributed by atoms with E-state index in [9.17, 15) is 79.2 Å². The van der Waals surface area contributed by atoms with E-state index in [-0.39, 0.29) is 59.4 Å². The molecule has 16 heteroatoms. The van der Waals surface area contributed by atoms with Crippen LogP contribution in [-0.2, 0) is 0 Å². The number of hydrogen-bond acceptors (Lipinski definition) is 16. The van der Waals surface area contributed by atoms with Crippen LogP contribution in [-0.4, -0.2) is 47.8 Å². The Labute approximate surface area is 283 Å². The molecule has 0 radical (unpaired) electrons. The topological polar surface area (TPSA) is 321 Å². The molecule has 0 aliphatic rings. The van der Waals surface area contributed by atoms with Crippen LogP contribution in [0.15, 0.2) is 97.1 Å². The molecule has 0 spiro atoms. The molecule has 0 aliphatic carbocycles. The van der Waals surface area contributed by atoms with E-state index in [1.165, 1.54) is 48.5 Å². The first-order chi connectivity index (χ1) is 22.5. The van der Waals surface area contributed by atoms with Gasteiger partial charge in [-0.1, -0.05) is 97.1 Å². The van der Waals surface area contributed by atoms with Crippen molar-refractivity contribution in [1.82, 2.24) is 0 Å². The summed E-state index contributed by atoms with van der Waals surface area (Å²) in [5.41, 5.74) is -2.91. The van der Waals surface area contributed by atoms with E-state index in [1.54, 1.807) is 0 Å². The Morgan fingerprint density at radius 2 is 0.320 bits per heavy atom. The van der Waals surface area contributed by atoms with Crippen LogP contribution in [0.1, 0.15) is 82.9 Å². The fourth-order valence-corrected chi connectivity index (χ4v) is 3.36. The number of hydrogen-bond donors (Lipinski definition) is 0. The molecule has 0 aromatic heterocycles. The zero-order valence-corrected chi connectivity index (χ0v) is 24.8. The van der Waals surface area contributed by atoms with Crippen molar-refractivity contribution in [2.75, 3.05) is 0 Å². The van der Waals surface area contributed by atoms with Crippen LogP contribution in [0.2, 0.25) is 0 Å².